The van der Waals surface area contributed by atoms with E-state index in [0.29, 0.717) is 13.1 Å². The van der Waals surface area contributed by atoms with Crippen LogP contribution in [0.3, 0.4) is 0 Å². The molecule has 0 aliphatic carbocycles. The molecule has 0 aromatic carbocycles. The van der Waals surface area contributed by atoms with Crippen LogP contribution >= 0.6 is 0 Å². The molecule has 16 heavy (non-hydrogen) atoms. The quantitative estimate of drug-likeness (QED) is 0.594. The number of nitrogens with one attached hydrogen (secondary N) is 2. The molecule has 0 unspecified atom stereocenters. The van der Waals surface area contributed by atoms with Gasteiger partial charge in [0.2, 0.25) is 5.91 Å². The normalized spacial score (nSPS) is 17.8. The molecule has 0 saturated carbocycles. The first-order valence-corrected chi connectivity index (χ1v) is 6.54. The Morgan fingerprint density at radius 1 is 1.44 bits per heavy atom. The van der Waals surface area contributed by atoms with Crippen LogP contribution in [-0.2, 0) is 15.0 Å². The van der Waals surface area contributed by atoms with E-state index in [1.165, 1.54) is 14.1 Å². The number of hydrogen-bond acceptors (Lipinski definition) is 4. The predicted octanol–water partition coefficient (Wildman–Crippen LogP) is -2.19. The number of hydrogen-bond donors (Lipinski definition) is 2. The van der Waals surface area contributed by atoms with Gasteiger partial charge >= 0.3 is 0 Å². The number of likely N-dealkylation sites (N-methyl/N-ethyl adjacent to an activating group) is 1. The van der Waals surface area contributed by atoms with Crippen molar-refractivity contribution in [3.05, 3.63) is 0 Å². The standard InChI is InChI=1S/C8H18N4O3S/c1-9-16(14,15)11(2)7-8(13)12-5-3-10-4-6-12/h9-10H,3-7H2,1-2H3. The third-order valence-electron chi connectivity index (χ3n) is 2.50. The van der Waals surface area contributed by atoms with Gasteiger partial charge in [-0.1, -0.05) is 0 Å². The van der Waals surface area contributed by atoms with Crippen molar-refractivity contribution in [1.82, 2.24) is 19.2 Å². The van der Waals surface area contributed by atoms with Gasteiger partial charge in [-0.15, -0.1) is 0 Å². The van der Waals surface area contributed by atoms with Crippen LogP contribution in [0.15, 0.2) is 0 Å². The number of carbonyl (C=O) groups is 1. The summed E-state index contributed by atoms with van der Waals surface area (Å²) in [7, 11) is -0.810. The minimum absolute atomic E-state index is 0.122. The molecule has 0 radical (unpaired) electrons. The Balaban J connectivity index is 2.50. The maximum atomic E-state index is 11.7. The molecule has 8 heteroatoms. The molecule has 0 atom stereocenters. The van der Waals surface area contributed by atoms with E-state index in [1.54, 1.807) is 4.90 Å². The van der Waals surface area contributed by atoms with E-state index in [-0.39, 0.29) is 12.5 Å². The lowest BCUT2D eigenvalue weighted by Crippen LogP contribution is -2.50. The summed E-state index contributed by atoms with van der Waals surface area (Å²) in [4.78, 5) is 13.4. The van der Waals surface area contributed by atoms with Crippen molar-refractivity contribution in [2.75, 3.05) is 46.8 Å². The summed E-state index contributed by atoms with van der Waals surface area (Å²) < 4.78 is 25.9. The smallest absolute Gasteiger partial charge is 0.279 e. The lowest BCUT2D eigenvalue weighted by Gasteiger charge is -2.28. The zero-order chi connectivity index (χ0) is 12.2. The van der Waals surface area contributed by atoms with Crippen LogP contribution in [0, 0.1) is 0 Å². The summed E-state index contributed by atoms with van der Waals surface area (Å²) in [6.45, 7) is 2.66. The van der Waals surface area contributed by atoms with Gasteiger partial charge in [-0.3, -0.25) is 4.79 Å². The first-order chi connectivity index (χ1) is 7.47. The van der Waals surface area contributed by atoms with E-state index in [0.717, 1.165) is 17.4 Å². The molecule has 0 bridgehead atoms. The van der Waals surface area contributed by atoms with Gasteiger partial charge in [-0.05, 0) is 0 Å². The highest BCUT2D eigenvalue weighted by molar-refractivity contribution is 7.87. The largest absolute Gasteiger partial charge is 0.339 e. The van der Waals surface area contributed by atoms with Crippen molar-refractivity contribution in [3.8, 4) is 0 Å². The van der Waals surface area contributed by atoms with Crippen molar-refractivity contribution >= 4 is 16.1 Å². The van der Waals surface area contributed by atoms with Crippen molar-refractivity contribution in [2.45, 2.75) is 0 Å². The second-order valence-electron chi connectivity index (χ2n) is 3.60. The maximum absolute atomic E-state index is 11.7. The van der Waals surface area contributed by atoms with Gasteiger partial charge in [0, 0.05) is 40.3 Å². The van der Waals surface area contributed by atoms with E-state index >= 15 is 0 Å². The zero-order valence-corrected chi connectivity index (χ0v) is 10.4. The number of nitrogens with zero attached hydrogens (tertiary/aromatic N) is 2. The van der Waals surface area contributed by atoms with Crippen molar-refractivity contribution in [1.29, 1.82) is 0 Å². The Morgan fingerprint density at radius 3 is 2.50 bits per heavy atom. The van der Waals surface area contributed by atoms with Gasteiger partial charge in [0.1, 0.15) is 0 Å². The van der Waals surface area contributed by atoms with Crippen LogP contribution in [0.4, 0.5) is 0 Å². The SMILES string of the molecule is CNS(=O)(=O)N(C)CC(=O)N1CCNCC1. The van der Waals surface area contributed by atoms with Gasteiger partial charge in [0.15, 0.2) is 0 Å². The molecule has 0 spiro atoms. The van der Waals surface area contributed by atoms with E-state index in [1.807, 2.05) is 0 Å². The van der Waals surface area contributed by atoms with E-state index < -0.39 is 10.2 Å². The Kier molecular flexibility index (Phi) is 4.66. The van der Waals surface area contributed by atoms with Crippen molar-refractivity contribution < 1.29 is 13.2 Å². The molecule has 0 aromatic rings. The Labute approximate surface area is 96.0 Å². The first-order valence-electron chi connectivity index (χ1n) is 5.10. The second-order valence-corrected chi connectivity index (χ2v) is 5.58. The average Bonchev–Trinajstić information content (AvgIpc) is 2.30. The molecule has 94 valence electrons. The average molecular weight is 250 g/mol. The van der Waals surface area contributed by atoms with Gasteiger partial charge in [-0.2, -0.15) is 12.7 Å². The lowest BCUT2D eigenvalue weighted by atomic mass is 10.3. The highest BCUT2D eigenvalue weighted by Gasteiger charge is 2.22. The maximum Gasteiger partial charge on any atom is 0.279 e. The zero-order valence-electron chi connectivity index (χ0n) is 9.56. The Morgan fingerprint density at radius 2 is 2.00 bits per heavy atom. The molecule has 1 saturated heterocycles. The van der Waals surface area contributed by atoms with Gasteiger partial charge in [-0.25, -0.2) is 4.72 Å². The highest BCUT2D eigenvalue weighted by Crippen LogP contribution is 1.98. The number of piperazine rings is 1. The molecule has 2 N–H and O–H groups in total. The van der Waals surface area contributed by atoms with Crippen LogP contribution in [0.1, 0.15) is 0 Å². The third-order valence-corrected chi connectivity index (χ3v) is 3.96. The number of amides is 1. The summed E-state index contributed by atoms with van der Waals surface area (Å²) in [5.74, 6) is -0.164. The first kappa shape index (κ1) is 13.4. The Hall–Kier alpha value is -0.700. The van der Waals surface area contributed by atoms with E-state index in [2.05, 4.69) is 10.0 Å². The minimum atomic E-state index is -3.51. The van der Waals surface area contributed by atoms with E-state index in [9.17, 15) is 13.2 Å². The molecule has 1 fully saturated rings. The molecular weight excluding hydrogens is 232 g/mol. The lowest BCUT2D eigenvalue weighted by molar-refractivity contribution is -0.131. The molecule has 7 nitrogen and oxygen atoms in total. The van der Waals surface area contributed by atoms with Gasteiger partial charge < -0.3 is 10.2 Å². The van der Waals surface area contributed by atoms with E-state index in [4.69, 9.17) is 0 Å². The summed E-state index contributed by atoms with van der Waals surface area (Å²) >= 11 is 0. The van der Waals surface area contributed by atoms with Crippen LogP contribution in [0.5, 0.6) is 0 Å². The molecule has 1 amide bonds. The molecule has 1 aliphatic rings. The summed E-state index contributed by atoms with van der Waals surface area (Å²) in [6, 6.07) is 0. The molecular formula is C8H18N4O3S. The fraction of sp³-hybridized carbons (Fsp3) is 0.875. The van der Waals surface area contributed by atoms with Crippen LogP contribution < -0.4 is 10.0 Å². The van der Waals surface area contributed by atoms with Crippen molar-refractivity contribution in [3.63, 3.8) is 0 Å². The Bertz CT molecular complexity index is 337. The summed E-state index contributed by atoms with van der Waals surface area (Å²) in [6.07, 6.45) is 0. The molecule has 1 aliphatic heterocycles. The molecule has 1 heterocycles. The van der Waals surface area contributed by atoms with Crippen LogP contribution in [0.25, 0.3) is 0 Å². The summed E-state index contributed by atoms with van der Waals surface area (Å²) in [5.41, 5.74) is 0. The number of carbonyl (C=O) groups excluding carboxylic acids is 1. The third kappa shape index (κ3) is 3.41. The van der Waals surface area contributed by atoms with Crippen molar-refractivity contribution in [2.24, 2.45) is 0 Å². The topological polar surface area (TPSA) is 81.8 Å². The minimum Gasteiger partial charge on any atom is -0.339 e. The fourth-order valence-corrected chi connectivity index (χ4v) is 2.04. The van der Waals surface area contributed by atoms with Crippen LogP contribution in [-0.4, -0.2) is 70.3 Å². The fourth-order valence-electron chi connectivity index (χ4n) is 1.45. The predicted molar refractivity (Wildman–Crippen MR) is 60.1 cm³/mol. The molecule has 0 aromatic heterocycles. The molecule has 1 rings (SSSR count). The summed E-state index contributed by atoms with van der Waals surface area (Å²) in [5, 5.41) is 3.13. The monoisotopic (exact) mass is 250 g/mol. The van der Waals surface area contributed by atoms with Crippen LogP contribution in [0.2, 0.25) is 0 Å². The highest BCUT2D eigenvalue weighted by atomic mass is 32.2. The van der Waals surface area contributed by atoms with Gasteiger partial charge in [0.25, 0.3) is 10.2 Å². The van der Waals surface area contributed by atoms with Gasteiger partial charge in [0.05, 0.1) is 6.54 Å². The number of rotatable bonds is 4. The second kappa shape index (κ2) is 5.58.